The van der Waals surface area contributed by atoms with Crippen LogP contribution in [0.15, 0.2) is 18.2 Å². The summed E-state index contributed by atoms with van der Waals surface area (Å²) in [6.45, 7) is 1.76. The Morgan fingerprint density at radius 2 is 2.17 bits per heavy atom. The molecule has 0 saturated carbocycles. The molecule has 0 spiro atoms. The largest absolute Gasteiger partial charge is 0.468 e. The lowest BCUT2D eigenvalue weighted by molar-refractivity contribution is -0.139. The fraction of sp³-hybridized carbons (Fsp3) is 0.333. The highest BCUT2D eigenvalue weighted by Gasteiger charge is 2.16. The summed E-state index contributed by atoms with van der Waals surface area (Å²) < 4.78 is 17.3. The molecule has 0 heterocycles. The van der Waals surface area contributed by atoms with Gasteiger partial charge in [0.05, 0.1) is 7.11 Å². The van der Waals surface area contributed by atoms with Crippen molar-refractivity contribution in [1.82, 2.24) is 5.32 Å². The van der Waals surface area contributed by atoms with Crippen molar-refractivity contribution >= 4 is 34.5 Å². The number of hydrogen-bond donors (Lipinski definition) is 1. The third-order valence-electron chi connectivity index (χ3n) is 2.33. The summed E-state index contributed by atoms with van der Waals surface area (Å²) in [5, 5.41) is 2.55. The lowest BCUT2D eigenvalue weighted by Gasteiger charge is -2.09. The number of halogens is 2. The summed E-state index contributed by atoms with van der Waals surface area (Å²) >= 11 is 1.87. The molecule has 0 aliphatic carbocycles. The van der Waals surface area contributed by atoms with Gasteiger partial charge in [-0.1, -0.05) is 28.7 Å². The fourth-order valence-corrected chi connectivity index (χ4v) is 1.70. The number of methoxy groups -OCH3 is 1. The van der Waals surface area contributed by atoms with E-state index in [4.69, 9.17) is 0 Å². The van der Waals surface area contributed by atoms with Crippen molar-refractivity contribution in [2.45, 2.75) is 10.8 Å². The smallest absolute Gasteiger partial charge is 0.320 e. The van der Waals surface area contributed by atoms with E-state index in [1.165, 1.54) is 25.3 Å². The van der Waals surface area contributed by atoms with Crippen molar-refractivity contribution < 1.29 is 18.7 Å². The van der Waals surface area contributed by atoms with Crippen molar-refractivity contribution in [2.75, 3.05) is 13.7 Å². The van der Waals surface area contributed by atoms with E-state index in [-0.39, 0.29) is 12.1 Å². The first-order valence-electron chi connectivity index (χ1n) is 5.22. The first-order valence-corrected chi connectivity index (χ1v) is 6.46. The quantitative estimate of drug-likeness (QED) is 0.503. The molecule has 0 aliphatic rings. The third-order valence-corrected chi connectivity index (χ3v) is 3.28. The van der Waals surface area contributed by atoms with Gasteiger partial charge in [0.15, 0.2) is 0 Å². The molecule has 1 aromatic rings. The van der Waals surface area contributed by atoms with E-state index in [0.717, 1.165) is 0 Å². The summed E-state index contributed by atoms with van der Waals surface area (Å²) in [6.07, 6.45) is 0. The van der Waals surface area contributed by atoms with Crippen molar-refractivity contribution in [1.29, 1.82) is 0 Å². The molecule has 0 radical (unpaired) electrons. The number of carbonyl (C=O) groups excluding carboxylic acids is 2. The number of amides is 1. The number of hydrogen-bond acceptors (Lipinski definition) is 3. The zero-order chi connectivity index (χ0) is 13.7. The zero-order valence-electron chi connectivity index (χ0n) is 10.00. The van der Waals surface area contributed by atoms with E-state index in [2.05, 4.69) is 10.1 Å². The van der Waals surface area contributed by atoms with Gasteiger partial charge in [0.1, 0.15) is 9.74 Å². The number of alkyl halides is 1. The maximum Gasteiger partial charge on any atom is 0.320 e. The topological polar surface area (TPSA) is 55.4 Å². The number of carbonyl (C=O) groups is 2. The summed E-state index contributed by atoms with van der Waals surface area (Å²) in [7, 11) is 1.28. The average molecular weight is 365 g/mol. The summed E-state index contributed by atoms with van der Waals surface area (Å²) in [6, 6.07) is 4.24. The summed E-state index contributed by atoms with van der Waals surface area (Å²) in [5.74, 6) is -1.26. The molecular weight excluding hydrogens is 352 g/mol. The monoisotopic (exact) mass is 365 g/mol. The molecule has 18 heavy (non-hydrogen) atoms. The summed E-state index contributed by atoms with van der Waals surface area (Å²) in [5.41, 5.74) is 0.708. The van der Waals surface area contributed by atoms with Gasteiger partial charge in [-0.05, 0) is 24.6 Å². The van der Waals surface area contributed by atoms with Crippen LogP contribution < -0.4 is 5.32 Å². The van der Waals surface area contributed by atoms with Crippen molar-refractivity contribution in [2.24, 2.45) is 0 Å². The van der Waals surface area contributed by atoms with Gasteiger partial charge in [0, 0.05) is 12.1 Å². The second-order valence-corrected chi connectivity index (χ2v) is 5.17. The highest BCUT2D eigenvalue weighted by molar-refractivity contribution is 14.1. The average Bonchev–Trinajstić information content (AvgIpc) is 2.37. The molecule has 1 unspecified atom stereocenters. The first kappa shape index (κ1) is 14.9. The maximum atomic E-state index is 13.3. The molecule has 0 bridgehead atoms. The molecule has 4 nitrogen and oxygen atoms in total. The van der Waals surface area contributed by atoms with Gasteiger partial charge in [-0.2, -0.15) is 0 Å². The van der Waals surface area contributed by atoms with Crippen LogP contribution in [0.4, 0.5) is 4.39 Å². The highest BCUT2D eigenvalue weighted by Crippen LogP contribution is 2.09. The van der Waals surface area contributed by atoms with Crippen molar-refractivity contribution in [3.05, 3.63) is 35.1 Å². The number of esters is 1. The predicted octanol–water partition coefficient (Wildman–Crippen LogP) is 1.84. The maximum absolute atomic E-state index is 13.3. The normalized spacial score (nSPS) is 11.8. The van der Waals surface area contributed by atoms with Crippen LogP contribution in [-0.4, -0.2) is 29.5 Å². The van der Waals surface area contributed by atoms with Crippen molar-refractivity contribution in [3.63, 3.8) is 0 Å². The van der Waals surface area contributed by atoms with Crippen LogP contribution in [0.3, 0.4) is 0 Å². The molecule has 98 valence electrons. The standard InChI is InChI=1S/C12H13FINO3/c1-7-3-4-8(5-9(7)13)11(16)15-6-10(14)12(17)18-2/h3-5,10H,6H2,1-2H3,(H,15,16). The Labute approximate surface area is 118 Å². The Bertz CT molecular complexity index is 465. The van der Waals surface area contributed by atoms with Crippen LogP contribution in [0.1, 0.15) is 15.9 Å². The van der Waals surface area contributed by atoms with Crippen LogP contribution in [0, 0.1) is 12.7 Å². The molecule has 1 aromatic carbocycles. The molecule has 1 rings (SSSR count). The zero-order valence-corrected chi connectivity index (χ0v) is 12.2. The Morgan fingerprint density at radius 3 is 2.72 bits per heavy atom. The lowest BCUT2D eigenvalue weighted by Crippen LogP contribution is -2.33. The Kier molecular flexibility index (Phi) is 5.52. The van der Waals surface area contributed by atoms with Gasteiger partial charge in [-0.25, -0.2) is 4.39 Å². The number of ether oxygens (including phenoxy) is 1. The number of aryl methyl sites for hydroxylation is 1. The Hall–Kier alpha value is -1.18. The Morgan fingerprint density at radius 1 is 1.50 bits per heavy atom. The van der Waals surface area contributed by atoms with E-state index < -0.39 is 21.6 Å². The number of nitrogens with one attached hydrogen (secondary N) is 1. The second-order valence-electron chi connectivity index (χ2n) is 3.66. The van der Waals surface area contributed by atoms with Crippen LogP contribution in [0.5, 0.6) is 0 Å². The van der Waals surface area contributed by atoms with Crippen LogP contribution >= 0.6 is 22.6 Å². The fourth-order valence-electron chi connectivity index (χ4n) is 1.23. The molecule has 0 aliphatic heterocycles. The molecule has 6 heteroatoms. The first-order chi connectivity index (χ1) is 8.45. The van der Waals surface area contributed by atoms with Gasteiger partial charge in [0.25, 0.3) is 5.91 Å². The molecule has 1 amide bonds. The predicted molar refractivity (Wildman–Crippen MR) is 73.3 cm³/mol. The molecule has 0 fully saturated rings. The van der Waals surface area contributed by atoms with Gasteiger partial charge in [-0.15, -0.1) is 0 Å². The van der Waals surface area contributed by atoms with E-state index in [9.17, 15) is 14.0 Å². The van der Waals surface area contributed by atoms with E-state index in [0.29, 0.717) is 5.56 Å². The molecule has 0 saturated heterocycles. The third kappa shape index (κ3) is 3.94. The van der Waals surface area contributed by atoms with Crippen molar-refractivity contribution in [3.8, 4) is 0 Å². The van der Waals surface area contributed by atoms with E-state index >= 15 is 0 Å². The van der Waals surface area contributed by atoms with Crippen LogP contribution in [0.2, 0.25) is 0 Å². The van der Waals surface area contributed by atoms with Gasteiger partial charge in [-0.3, -0.25) is 9.59 Å². The van der Waals surface area contributed by atoms with E-state index in [1.807, 2.05) is 22.6 Å². The molecule has 0 aromatic heterocycles. The Balaban J connectivity index is 2.60. The number of rotatable bonds is 4. The number of benzene rings is 1. The van der Waals surface area contributed by atoms with Crippen LogP contribution in [0.25, 0.3) is 0 Å². The second kappa shape index (κ2) is 6.67. The van der Waals surface area contributed by atoms with Gasteiger partial charge >= 0.3 is 5.97 Å². The molecular formula is C12H13FINO3. The minimum Gasteiger partial charge on any atom is -0.468 e. The van der Waals surface area contributed by atoms with E-state index in [1.54, 1.807) is 6.92 Å². The summed E-state index contributed by atoms with van der Waals surface area (Å²) in [4.78, 5) is 22.8. The molecule has 1 atom stereocenters. The minimum atomic E-state index is -0.466. The highest BCUT2D eigenvalue weighted by atomic mass is 127. The van der Waals surface area contributed by atoms with Crippen LogP contribution in [-0.2, 0) is 9.53 Å². The van der Waals surface area contributed by atoms with Gasteiger partial charge in [0.2, 0.25) is 0 Å². The SMILES string of the molecule is COC(=O)C(I)CNC(=O)c1ccc(C)c(F)c1. The van der Waals surface area contributed by atoms with Gasteiger partial charge < -0.3 is 10.1 Å². The minimum absolute atomic E-state index is 0.140. The molecule has 1 N–H and O–H groups in total. The lowest BCUT2D eigenvalue weighted by atomic mass is 10.1.